The number of rotatable bonds is 5. The summed E-state index contributed by atoms with van der Waals surface area (Å²) >= 11 is 0. The zero-order chi connectivity index (χ0) is 21.0. The van der Waals surface area contributed by atoms with E-state index < -0.39 is 5.97 Å². The second-order valence-electron chi connectivity index (χ2n) is 8.62. The normalized spacial score (nSPS) is 21.1. The largest absolute Gasteiger partial charge is 0.481 e. The Labute approximate surface area is 176 Å². The van der Waals surface area contributed by atoms with Crippen LogP contribution in [-0.2, 0) is 17.8 Å². The van der Waals surface area contributed by atoms with Crippen LogP contribution in [0.2, 0.25) is 0 Å². The molecule has 1 N–H and O–H groups in total. The number of ether oxygens (including phenoxy) is 1. The van der Waals surface area contributed by atoms with Crippen molar-refractivity contribution in [2.45, 2.75) is 39.7 Å². The van der Waals surface area contributed by atoms with Gasteiger partial charge in [0.1, 0.15) is 6.61 Å². The van der Waals surface area contributed by atoms with Crippen LogP contribution >= 0.6 is 0 Å². The second-order valence-corrected chi connectivity index (χ2v) is 8.62. The summed E-state index contributed by atoms with van der Waals surface area (Å²) in [6, 6.07) is 14.8. The summed E-state index contributed by atoms with van der Waals surface area (Å²) < 4.78 is 6.05. The lowest BCUT2D eigenvalue weighted by atomic mass is 9.91. The standard InChI is InChI=1S/C26H25NO3/c1-14-6-4-7-15(2)23(14)19-9-5-8-17(16(19)3)13-30-22-11-18-10-20-24(21(18)12-27-22)25(20)26(28)29/h4-9,11-12,20,24-25H,10,13H2,1-3H3,(H,28,29)/t20-,24-,25+/m1/s1. The number of aliphatic carboxylic acids is 1. The number of nitrogens with zero attached hydrogens (tertiary/aromatic N) is 1. The Balaban J connectivity index is 1.35. The summed E-state index contributed by atoms with van der Waals surface area (Å²) in [6.07, 6.45) is 2.63. The van der Waals surface area contributed by atoms with E-state index in [0.29, 0.717) is 12.5 Å². The minimum absolute atomic E-state index is 0.148. The average molecular weight is 399 g/mol. The molecule has 0 spiro atoms. The van der Waals surface area contributed by atoms with E-state index in [1.54, 1.807) is 0 Å². The SMILES string of the molecule is Cc1cccc(C)c1-c1cccc(COc2cc3c(cn2)[C@H]2[C@@H](C3)[C@@H]2C(=O)O)c1C. The Bertz CT molecular complexity index is 1150. The summed E-state index contributed by atoms with van der Waals surface area (Å²) in [5.41, 5.74) is 9.73. The molecule has 3 atom stereocenters. The first-order valence-electron chi connectivity index (χ1n) is 10.4. The first-order valence-corrected chi connectivity index (χ1v) is 10.4. The number of carboxylic acid groups (broad SMARTS) is 1. The van der Waals surface area contributed by atoms with Gasteiger partial charge in [-0.15, -0.1) is 0 Å². The molecule has 4 heteroatoms. The Morgan fingerprint density at radius 3 is 2.60 bits per heavy atom. The van der Waals surface area contributed by atoms with Crippen molar-refractivity contribution in [2.75, 3.05) is 0 Å². The fourth-order valence-electron chi connectivity index (χ4n) is 5.19. The van der Waals surface area contributed by atoms with Crippen LogP contribution in [0.5, 0.6) is 5.88 Å². The van der Waals surface area contributed by atoms with Gasteiger partial charge in [0.05, 0.1) is 5.92 Å². The lowest BCUT2D eigenvalue weighted by Crippen LogP contribution is -2.06. The minimum atomic E-state index is -0.685. The molecule has 0 bridgehead atoms. The molecule has 0 aliphatic heterocycles. The van der Waals surface area contributed by atoms with E-state index in [1.807, 2.05) is 12.3 Å². The first kappa shape index (κ1) is 18.9. The number of hydrogen-bond donors (Lipinski definition) is 1. The highest BCUT2D eigenvalue weighted by molar-refractivity contribution is 5.78. The molecule has 2 aliphatic carbocycles. The summed E-state index contributed by atoms with van der Waals surface area (Å²) in [4.78, 5) is 15.7. The minimum Gasteiger partial charge on any atom is -0.481 e. The van der Waals surface area contributed by atoms with E-state index in [4.69, 9.17) is 4.74 Å². The second kappa shape index (κ2) is 6.98. The predicted molar refractivity (Wildman–Crippen MR) is 116 cm³/mol. The molecule has 5 rings (SSSR count). The van der Waals surface area contributed by atoms with Crippen LogP contribution in [-0.4, -0.2) is 16.1 Å². The van der Waals surface area contributed by atoms with Gasteiger partial charge < -0.3 is 9.84 Å². The highest BCUT2D eigenvalue weighted by Gasteiger charge is 2.59. The Morgan fingerprint density at radius 2 is 1.87 bits per heavy atom. The quantitative estimate of drug-likeness (QED) is 0.639. The van der Waals surface area contributed by atoms with E-state index in [2.05, 4.69) is 62.2 Å². The van der Waals surface area contributed by atoms with Crippen LogP contribution in [0.25, 0.3) is 11.1 Å². The summed E-state index contributed by atoms with van der Waals surface area (Å²) in [7, 11) is 0. The highest BCUT2D eigenvalue weighted by Crippen LogP contribution is 2.61. The van der Waals surface area contributed by atoms with Crippen molar-refractivity contribution in [2.24, 2.45) is 11.8 Å². The van der Waals surface area contributed by atoms with Gasteiger partial charge in [0, 0.05) is 18.2 Å². The summed E-state index contributed by atoms with van der Waals surface area (Å²) in [5, 5.41) is 9.27. The number of pyridine rings is 1. The molecule has 2 aliphatic rings. The maximum atomic E-state index is 11.3. The Hall–Kier alpha value is -3.14. The van der Waals surface area contributed by atoms with E-state index >= 15 is 0 Å². The third-order valence-corrected chi connectivity index (χ3v) is 6.84. The molecular formula is C26H25NO3. The molecule has 1 aromatic heterocycles. The zero-order valence-corrected chi connectivity index (χ0v) is 17.5. The van der Waals surface area contributed by atoms with Crippen molar-refractivity contribution in [1.29, 1.82) is 0 Å². The van der Waals surface area contributed by atoms with Crippen LogP contribution in [0.3, 0.4) is 0 Å². The smallest absolute Gasteiger partial charge is 0.307 e. The molecule has 4 nitrogen and oxygen atoms in total. The molecule has 1 fully saturated rings. The van der Waals surface area contributed by atoms with Gasteiger partial charge in [-0.1, -0.05) is 36.4 Å². The molecule has 3 aromatic rings. The molecule has 0 amide bonds. The Kier molecular flexibility index (Phi) is 4.39. The van der Waals surface area contributed by atoms with Crippen molar-refractivity contribution < 1.29 is 14.6 Å². The van der Waals surface area contributed by atoms with Crippen LogP contribution in [0.15, 0.2) is 48.7 Å². The van der Waals surface area contributed by atoms with E-state index in [0.717, 1.165) is 17.5 Å². The first-order chi connectivity index (χ1) is 14.5. The number of fused-ring (bicyclic) bond motifs is 3. The van der Waals surface area contributed by atoms with Crippen LogP contribution in [0, 0.1) is 32.6 Å². The maximum absolute atomic E-state index is 11.3. The van der Waals surface area contributed by atoms with Gasteiger partial charge in [-0.05, 0) is 77.6 Å². The van der Waals surface area contributed by atoms with Gasteiger partial charge in [0.2, 0.25) is 5.88 Å². The lowest BCUT2D eigenvalue weighted by Gasteiger charge is -2.16. The van der Waals surface area contributed by atoms with E-state index in [-0.39, 0.29) is 17.8 Å². The number of carbonyl (C=O) groups is 1. The molecular weight excluding hydrogens is 374 g/mol. The maximum Gasteiger partial charge on any atom is 0.307 e. The van der Waals surface area contributed by atoms with Gasteiger partial charge in [-0.25, -0.2) is 4.98 Å². The van der Waals surface area contributed by atoms with Crippen molar-refractivity contribution in [3.8, 4) is 17.0 Å². The third-order valence-electron chi connectivity index (χ3n) is 6.84. The van der Waals surface area contributed by atoms with Gasteiger partial charge in [-0.3, -0.25) is 4.79 Å². The predicted octanol–water partition coefficient (Wildman–Crippen LogP) is 5.22. The number of hydrogen-bond acceptors (Lipinski definition) is 3. The number of aromatic nitrogens is 1. The van der Waals surface area contributed by atoms with Crippen molar-refractivity contribution in [1.82, 2.24) is 4.98 Å². The summed E-state index contributed by atoms with van der Waals surface area (Å²) in [5.74, 6) is 0.0940. The third kappa shape index (κ3) is 2.98. The van der Waals surface area contributed by atoms with E-state index in [1.165, 1.54) is 33.4 Å². The topological polar surface area (TPSA) is 59.4 Å². The van der Waals surface area contributed by atoms with Crippen LogP contribution in [0.1, 0.15) is 39.3 Å². The molecule has 1 saturated carbocycles. The Morgan fingerprint density at radius 1 is 1.13 bits per heavy atom. The van der Waals surface area contributed by atoms with Crippen molar-refractivity contribution in [3.63, 3.8) is 0 Å². The molecule has 30 heavy (non-hydrogen) atoms. The number of carboxylic acids is 1. The fourth-order valence-corrected chi connectivity index (χ4v) is 5.19. The number of benzene rings is 2. The molecule has 152 valence electrons. The lowest BCUT2D eigenvalue weighted by molar-refractivity contribution is -0.139. The summed E-state index contributed by atoms with van der Waals surface area (Å²) in [6.45, 7) is 6.91. The van der Waals surface area contributed by atoms with Crippen LogP contribution < -0.4 is 4.74 Å². The molecule has 1 heterocycles. The molecule has 0 saturated heterocycles. The number of aryl methyl sites for hydroxylation is 2. The van der Waals surface area contributed by atoms with Gasteiger partial charge >= 0.3 is 5.97 Å². The molecule has 0 radical (unpaired) electrons. The van der Waals surface area contributed by atoms with E-state index in [9.17, 15) is 9.90 Å². The zero-order valence-electron chi connectivity index (χ0n) is 17.5. The average Bonchev–Trinajstić information content (AvgIpc) is 3.31. The highest BCUT2D eigenvalue weighted by atomic mass is 16.5. The molecule has 0 unspecified atom stereocenters. The van der Waals surface area contributed by atoms with Gasteiger partial charge in [0.15, 0.2) is 0 Å². The van der Waals surface area contributed by atoms with Gasteiger partial charge in [0.25, 0.3) is 0 Å². The molecule has 2 aromatic carbocycles. The fraction of sp³-hybridized carbons (Fsp3) is 0.308. The van der Waals surface area contributed by atoms with Crippen LogP contribution in [0.4, 0.5) is 0 Å². The van der Waals surface area contributed by atoms with Gasteiger partial charge in [-0.2, -0.15) is 0 Å². The monoisotopic (exact) mass is 399 g/mol. The van der Waals surface area contributed by atoms with Crippen molar-refractivity contribution >= 4 is 5.97 Å². The van der Waals surface area contributed by atoms with Crippen molar-refractivity contribution in [3.05, 3.63) is 82.0 Å².